The molecular weight excluding hydrogens is 76.1 g/mol. The van der Waals surface area contributed by atoms with Crippen LogP contribution in [-0.2, 0) is 10.7 Å². The third-order valence-corrected chi connectivity index (χ3v) is 0. The molecule has 0 aliphatic rings. The van der Waals surface area contributed by atoms with Crippen LogP contribution < -0.4 is 0 Å². The summed E-state index contributed by atoms with van der Waals surface area (Å²) in [5, 5.41) is 0. The molecule has 0 unspecified atom stereocenters. The third kappa shape index (κ3) is 704. The summed E-state index contributed by atoms with van der Waals surface area (Å²) in [6, 6.07) is 0. The fourth-order valence-corrected chi connectivity index (χ4v) is 0. The van der Waals surface area contributed by atoms with Gasteiger partial charge < -0.3 is 0 Å². The van der Waals surface area contributed by atoms with E-state index in [0.29, 0.717) is 0 Å². The number of hydrogen-bond donors (Lipinski definition) is 1. The summed E-state index contributed by atoms with van der Waals surface area (Å²) in [7, 11) is -2.43. The minimum atomic E-state index is -2.43. The first-order valence-corrected chi connectivity index (χ1v) is 2.04. The van der Waals surface area contributed by atoms with E-state index in [0.717, 1.165) is 0 Å². The first kappa shape index (κ1) is 2.20. The standard InChI is InChI=1S/CH4O2S/c1-4(2)3/h4H,1H3/i1D. The van der Waals surface area contributed by atoms with Gasteiger partial charge in [0.15, 0.2) is 0 Å². The molecular formula is CH4O2S. The molecule has 3 heteroatoms. The van der Waals surface area contributed by atoms with Crippen molar-refractivity contribution >= 4 is 10.7 Å². The molecule has 0 bridgehead atoms. The highest BCUT2D eigenvalue weighted by atomic mass is 32.2. The van der Waals surface area contributed by atoms with E-state index in [9.17, 15) is 8.42 Å². The molecule has 2 nitrogen and oxygen atoms in total. The monoisotopic (exact) mass is 81.0 g/mol. The van der Waals surface area contributed by atoms with Gasteiger partial charge in [0.25, 0.3) is 0 Å². The van der Waals surface area contributed by atoms with E-state index in [4.69, 9.17) is 1.37 Å². The molecule has 0 rings (SSSR count). The van der Waals surface area contributed by atoms with Crippen molar-refractivity contribution in [2.75, 3.05) is 6.23 Å². The first-order chi connectivity index (χ1) is 2.27. The van der Waals surface area contributed by atoms with Crippen LogP contribution in [0.5, 0.6) is 0 Å². The quantitative estimate of drug-likeness (QED) is 0.388. The van der Waals surface area contributed by atoms with Gasteiger partial charge in [0, 0.05) is 7.60 Å². The summed E-state index contributed by atoms with van der Waals surface area (Å²) in [5.41, 5.74) is 0. The second-order valence-corrected chi connectivity index (χ2v) is 0.998. The molecule has 26 valence electrons. The Labute approximate surface area is 27.8 Å². The summed E-state index contributed by atoms with van der Waals surface area (Å²) >= 11 is 0. The highest BCUT2D eigenvalue weighted by molar-refractivity contribution is 7.71. The summed E-state index contributed by atoms with van der Waals surface area (Å²) < 4.78 is 24.5. The van der Waals surface area contributed by atoms with Crippen molar-refractivity contribution in [1.29, 1.82) is 0 Å². The van der Waals surface area contributed by atoms with Gasteiger partial charge in [0.1, 0.15) is 10.7 Å². The molecule has 0 saturated carbocycles. The number of rotatable bonds is 0. The van der Waals surface area contributed by atoms with E-state index in [1.165, 1.54) is 0 Å². The molecule has 0 fully saturated rings. The lowest BCUT2D eigenvalue weighted by molar-refractivity contribution is 0.619. The van der Waals surface area contributed by atoms with Gasteiger partial charge in [-0.15, -0.1) is 0 Å². The molecule has 0 aromatic rings. The predicted octanol–water partition coefficient (Wildman–Crippen LogP) is -0.772. The maximum absolute atomic E-state index is 9.22. The SMILES string of the molecule is [2H]C[SH](=O)=O. The van der Waals surface area contributed by atoms with Crippen LogP contribution in [0.15, 0.2) is 0 Å². The van der Waals surface area contributed by atoms with Crippen molar-refractivity contribution in [3.8, 4) is 0 Å². The largest absolute Gasteiger partial charge is 0.232 e. The fraction of sp³-hybridized carbons (Fsp3) is 1.00. The fourth-order valence-electron chi connectivity index (χ4n) is 0. The molecule has 0 N–H and O–H groups in total. The summed E-state index contributed by atoms with van der Waals surface area (Å²) in [6.45, 7) is 0. The van der Waals surface area contributed by atoms with Gasteiger partial charge >= 0.3 is 0 Å². The Balaban J connectivity index is 3.23. The Kier molecular flexibility index (Phi) is 0.710. The first-order valence-electron chi connectivity index (χ1n) is 1.39. The van der Waals surface area contributed by atoms with Crippen molar-refractivity contribution in [2.45, 2.75) is 0 Å². The molecule has 0 aliphatic heterocycles. The Morgan fingerprint density at radius 2 is 2.25 bits per heavy atom. The minimum Gasteiger partial charge on any atom is -0.232 e. The molecule has 0 radical (unpaired) electrons. The molecule has 0 spiro atoms. The molecule has 0 heterocycles. The average Bonchev–Trinajstić information content (AvgIpc) is 1.38. The maximum Gasteiger partial charge on any atom is 0.137 e. The molecule has 0 aromatic heterocycles. The van der Waals surface area contributed by atoms with Crippen LogP contribution in [-0.4, -0.2) is 14.6 Å². The molecule has 0 saturated heterocycles. The normalized spacial score (nSPS) is 11.8. The van der Waals surface area contributed by atoms with Crippen LogP contribution in [0.4, 0.5) is 0 Å². The van der Waals surface area contributed by atoms with Crippen LogP contribution in [0.25, 0.3) is 0 Å². The number of hydrogen-bond acceptors (Lipinski definition) is 2. The van der Waals surface area contributed by atoms with Crippen LogP contribution in [0.2, 0.25) is 0 Å². The predicted molar refractivity (Wildman–Crippen MR) is 16.2 cm³/mol. The van der Waals surface area contributed by atoms with Gasteiger partial charge in [-0.05, 0) is 0 Å². The Morgan fingerprint density at radius 1 is 2.00 bits per heavy atom. The smallest absolute Gasteiger partial charge is 0.137 e. The second-order valence-electron chi connectivity index (χ2n) is 0.333. The van der Waals surface area contributed by atoms with Gasteiger partial charge in [0.2, 0.25) is 0 Å². The third-order valence-electron chi connectivity index (χ3n) is 0. The lowest BCUT2D eigenvalue weighted by Gasteiger charge is -1.41. The summed E-state index contributed by atoms with van der Waals surface area (Å²) in [6.07, 6.45) is -0.491. The van der Waals surface area contributed by atoms with E-state index < -0.39 is 16.9 Å². The van der Waals surface area contributed by atoms with Gasteiger partial charge in [-0.3, -0.25) is 0 Å². The van der Waals surface area contributed by atoms with Crippen LogP contribution in [0.3, 0.4) is 0 Å². The molecule has 4 heavy (non-hydrogen) atoms. The van der Waals surface area contributed by atoms with E-state index in [1.54, 1.807) is 0 Å². The zero-order chi connectivity index (χ0) is 4.28. The molecule has 0 aliphatic carbocycles. The second kappa shape index (κ2) is 1.29. The summed E-state index contributed by atoms with van der Waals surface area (Å²) in [5.74, 6) is 0. The maximum atomic E-state index is 9.22. The lowest BCUT2D eigenvalue weighted by Crippen LogP contribution is -1.56. The topological polar surface area (TPSA) is 34.1 Å². The van der Waals surface area contributed by atoms with Gasteiger partial charge in [-0.25, -0.2) is 8.42 Å². The average molecular weight is 81.1 g/mol. The van der Waals surface area contributed by atoms with E-state index in [1.807, 2.05) is 0 Å². The molecule has 0 aromatic carbocycles. The van der Waals surface area contributed by atoms with Crippen molar-refractivity contribution in [3.63, 3.8) is 0 Å². The van der Waals surface area contributed by atoms with Gasteiger partial charge in [0.05, 0.1) is 0 Å². The highest BCUT2D eigenvalue weighted by Gasteiger charge is 1.44. The summed E-state index contributed by atoms with van der Waals surface area (Å²) in [4.78, 5) is 0. The Morgan fingerprint density at radius 3 is 2.25 bits per heavy atom. The van der Waals surface area contributed by atoms with Crippen LogP contribution in [0, 0.1) is 0 Å². The van der Waals surface area contributed by atoms with E-state index in [2.05, 4.69) is 0 Å². The van der Waals surface area contributed by atoms with Gasteiger partial charge in [-0.2, -0.15) is 0 Å². The van der Waals surface area contributed by atoms with Crippen molar-refractivity contribution < 1.29 is 9.79 Å². The Bertz CT molecular complexity index is 67.7. The number of thiol groups is 1. The molecule has 0 amide bonds. The lowest BCUT2D eigenvalue weighted by atomic mass is 12.0. The van der Waals surface area contributed by atoms with Crippen LogP contribution >= 0.6 is 0 Å². The molecule has 0 atom stereocenters. The van der Waals surface area contributed by atoms with Crippen molar-refractivity contribution in [3.05, 3.63) is 0 Å². The van der Waals surface area contributed by atoms with E-state index in [-0.39, 0.29) is 0 Å². The van der Waals surface area contributed by atoms with E-state index >= 15 is 0 Å². The van der Waals surface area contributed by atoms with Gasteiger partial charge in [-0.1, -0.05) is 0 Å². The highest BCUT2D eigenvalue weighted by Crippen LogP contribution is 1.29. The zero-order valence-corrected chi connectivity index (χ0v) is 2.87. The zero-order valence-electron chi connectivity index (χ0n) is 2.97. The van der Waals surface area contributed by atoms with Crippen molar-refractivity contribution in [1.82, 2.24) is 0 Å². The Hall–Kier alpha value is -0.0500. The minimum absolute atomic E-state index is 0.491. The van der Waals surface area contributed by atoms with Crippen LogP contribution in [0.1, 0.15) is 1.37 Å². The van der Waals surface area contributed by atoms with Crippen molar-refractivity contribution in [2.24, 2.45) is 0 Å².